The highest BCUT2D eigenvalue weighted by Gasteiger charge is 2.19. The van der Waals surface area contributed by atoms with E-state index in [-0.39, 0.29) is 4.99 Å². The molecule has 0 saturated heterocycles. The molecule has 0 atom stereocenters. The Morgan fingerprint density at radius 3 is 2.77 bits per heavy atom. The van der Waals surface area contributed by atoms with Crippen LogP contribution in [0, 0.1) is 6.92 Å². The van der Waals surface area contributed by atoms with E-state index in [9.17, 15) is 0 Å². The second-order valence-electron chi connectivity index (χ2n) is 4.62. The van der Waals surface area contributed by atoms with Gasteiger partial charge in [0.2, 0.25) is 0 Å². The molecule has 0 bridgehead atoms. The first-order valence-electron chi connectivity index (χ1n) is 6.37. The molecule has 3 heterocycles. The number of hydrogen-bond donors (Lipinski definition) is 2. The number of rotatable bonds is 3. The predicted octanol–water partition coefficient (Wildman–Crippen LogP) is 2.29. The Morgan fingerprint density at radius 2 is 2.09 bits per heavy atom. The predicted molar refractivity (Wildman–Crippen MR) is 92.2 cm³/mol. The molecule has 0 fully saturated rings. The Morgan fingerprint density at radius 1 is 1.32 bits per heavy atom. The second-order valence-corrected chi connectivity index (χ2v) is 6.06. The van der Waals surface area contributed by atoms with Crippen molar-refractivity contribution in [2.75, 3.05) is 12.8 Å². The zero-order chi connectivity index (χ0) is 15.9. The van der Waals surface area contributed by atoms with E-state index in [4.69, 9.17) is 28.4 Å². The molecular weight excluding hydrogens is 318 g/mol. The van der Waals surface area contributed by atoms with Crippen LogP contribution >= 0.6 is 23.6 Å². The molecule has 0 radical (unpaired) electrons. The molecule has 0 unspecified atom stereocenters. The third-order valence-corrected chi connectivity index (χ3v) is 4.61. The third kappa shape index (κ3) is 2.36. The van der Waals surface area contributed by atoms with Crippen molar-refractivity contribution in [3.05, 3.63) is 29.2 Å². The normalized spacial score (nSPS) is 10.8. The first-order chi connectivity index (χ1) is 10.5. The van der Waals surface area contributed by atoms with Gasteiger partial charge in [-0.05, 0) is 13.0 Å². The molecule has 0 amide bonds. The quantitative estimate of drug-likeness (QED) is 0.710. The number of methoxy groups -OCH3 is 1. The standard InChI is InChI=1S/C14H13N5OS2/c1-6-18-11(7-3-8(20-2)5-17-4-7)9-10(15)12(13(16)21)22-14(9)19-6/h3-5H,15H2,1-2H3,(H2,16,21). The minimum absolute atomic E-state index is 0.257. The molecule has 6 nitrogen and oxygen atoms in total. The first kappa shape index (κ1) is 14.6. The van der Waals surface area contributed by atoms with E-state index in [0.717, 1.165) is 15.8 Å². The lowest BCUT2D eigenvalue weighted by atomic mass is 10.1. The topological polar surface area (TPSA) is 99.9 Å². The summed E-state index contributed by atoms with van der Waals surface area (Å²) in [4.78, 5) is 14.8. The van der Waals surface area contributed by atoms with Crippen molar-refractivity contribution in [1.29, 1.82) is 0 Å². The molecule has 8 heteroatoms. The second kappa shape index (κ2) is 5.47. The van der Waals surface area contributed by atoms with Crippen LogP contribution in [0.25, 0.3) is 21.5 Å². The van der Waals surface area contributed by atoms with Crippen LogP contribution in [0.5, 0.6) is 5.75 Å². The number of ether oxygens (including phenoxy) is 1. The van der Waals surface area contributed by atoms with Crippen molar-refractivity contribution in [3.8, 4) is 17.0 Å². The monoisotopic (exact) mass is 331 g/mol. The van der Waals surface area contributed by atoms with Gasteiger partial charge in [-0.25, -0.2) is 9.97 Å². The van der Waals surface area contributed by atoms with Gasteiger partial charge in [-0.2, -0.15) is 0 Å². The zero-order valence-electron chi connectivity index (χ0n) is 12.0. The lowest BCUT2D eigenvalue weighted by Crippen LogP contribution is -2.09. The highest BCUT2D eigenvalue weighted by Crippen LogP contribution is 2.38. The Labute approximate surface area is 136 Å². The van der Waals surface area contributed by atoms with Crippen molar-refractivity contribution >= 4 is 44.4 Å². The Hall–Kier alpha value is -2.32. The van der Waals surface area contributed by atoms with Crippen LogP contribution in [0.15, 0.2) is 18.5 Å². The first-order valence-corrected chi connectivity index (χ1v) is 7.59. The number of anilines is 1. The fourth-order valence-electron chi connectivity index (χ4n) is 2.18. The molecule has 0 aliphatic heterocycles. The molecule has 112 valence electrons. The van der Waals surface area contributed by atoms with Crippen molar-refractivity contribution in [3.63, 3.8) is 0 Å². The van der Waals surface area contributed by atoms with Gasteiger partial charge in [-0.1, -0.05) is 12.2 Å². The summed E-state index contributed by atoms with van der Waals surface area (Å²) in [5, 5.41) is 0.744. The van der Waals surface area contributed by atoms with E-state index in [1.807, 2.05) is 13.0 Å². The minimum atomic E-state index is 0.257. The molecule has 3 aromatic rings. The van der Waals surface area contributed by atoms with Gasteiger partial charge in [0, 0.05) is 11.8 Å². The van der Waals surface area contributed by atoms with Crippen LogP contribution in [-0.4, -0.2) is 27.1 Å². The molecule has 0 spiro atoms. The van der Waals surface area contributed by atoms with Gasteiger partial charge in [0.15, 0.2) is 0 Å². The van der Waals surface area contributed by atoms with Gasteiger partial charge in [0.1, 0.15) is 21.4 Å². The summed E-state index contributed by atoms with van der Waals surface area (Å²) >= 11 is 6.42. The van der Waals surface area contributed by atoms with E-state index in [1.54, 1.807) is 19.5 Å². The van der Waals surface area contributed by atoms with E-state index >= 15 is 0 Å². The SMILES string of the molecule is COc1cncc(-c2nc(C)nc3sc(C(N)=S)c(N)c23)c1. The maximum Gasteiger partial charge on any atom is 0.137 e. The molecule has 0 aliphatic carbocycles. The van der Waals surface area contributed by atoms with Gasteiger partial charge >= 0.3 is 0 Å². The highest BCUT2D eigenvalue weighted by molar-refractivity contribution is 7.81. The van der Waals surface area contributed by atoms with Crippen molar-refractivity contribution in [1.82, 2.24) is 15.0 Å². The fraction of sp³-hybridized carbons (Fsp3) is 0.143. The van der Waals surface area contributed by atoms with Crippen LogP contribution in [0.1, 0.15) is 10.7 Å². The number of aromatic nitrogens is 3. The zero-order valence-corrected chi connectivity index (χ0v) is 13.6. The number of thiocarbonyl (C=S) groups is 1. The van der Waals surface area contributed by atoms with E-state index in [1.165, 1.54) is 11.3 Å². The molecule has 0 aromatic carbocycles. The highest BCUT2D eigenvalue weighted by atomic mass is 32.1. The maximum absolute atomic E-state index is 6.21. The number of nitrogens with zero attached hydrogens (tertiary/aromatic N) is 3. The fourth-order valence-corrected chi connectivity index (χ4v) is 3.41. The largest absolute Gasteiger partial charge is 0.495 e. The van der Waals surface area contributed by atoms with Crippen LogP contribution in [0.2, 0.25) is 0 Å². The van der Waals surface area contributed by atoms with E-state index in [2.05, 4.69) is 15.0 Å². The molecule has 0 saturated carbocycles. The van der Waals surface area contributed by atoms with Crippen LogP contribution < -0.4 is 16.2 Å². The average Bonchev–Trinajstić information content (AvgIpc) is 2.83. The Bertz CT molecular complexity index is 890. The molecular formula is C14H13N5OS2. The van der Waals surface area contributed by atoms with Crippen LogP contribution in [0.3, 0.4) is 0 Å². The Kier molecular flexibility index (Phi) is 3.63. The number of thiophene rings is 1. The number of fused-ring (bicyclic) bond motifs is 1. The molecule has 3 rings (SSSR count). The number of aryl methyl sites for hydroxylation is 1. The van der Waals surface area contributed by atoms with Gasteiger partial charge in [0.05, 0.1) is 35.0 Å². The van der Waals surface area contributed by atoms with Crippen LogP contribution in [0.4, 0.5) is 5.69 Å². The smallest absolute Gasteiger partial charge is 0.137 e. The molecule has 3 aromatic heterocycles. The lowest BCUT2D eigenvalue weighted by molar-refractivity contribution is 0.413. The summed E-state index contributed by atoms with van der Waals surface area (Å²) in [7, 11) is 1.59. The van der Waals surface area contributed by atoms with Crippen molar-refractivity contribution in [2.45, 2.75) is 6.92 Å². The number of nitrogens with two attached hydrogens (primary N) is 2. The third-order valence-electron chi connectivity index (χ3n) is 3.15. The average molecular weight is 331 g/mol. The van der Waals surface area contributed by atoms with Gasteiger partial charge < -0.3 is 16.2 Å². The van der Waals surface area contributed by atoms with E-state index < -0.39 is 0 Å². The number of pyridine rings is 1. The van der Waals surface area contributed by atoms with E-state index in [0.29, 0.717) is 27.8 Å². The summed E-state index contributed by atoms with van der Waals surface area (Å²) in [6.07, 6.45) is 3.34. The van der Waals surface area contributed by atoms with Gasteiger partial charge in [-0.15, -0.1) is 11.3 Å². The van der Waals surface area contributed by atoms with Gasteiger partial charge in [-0.3, -0.25) is 4.98 Å². The van der Waals surface area contributed by atoms with Crippen LogP contribution in [-0.2, 0) is 0 Å². The molecule has 22 heavy (non-hydrogen) atoms. The van der Waals surface area contributed by atoms with Crippen molar-refractivity contribution in [2.24, 2.45) is 5.73 Å². The summed E-state index contributed by atoms with van der Waals surface area (Å²) in [6.45, 7) is 1.83. The van der Waals surface area contributed by atoms with Gasteiger partial charge in [0.25, 0.3) is 0 Å². The number of nitrogen functional groups attached to an aromatic ring is 1. The summed E-state index contributed by atoms with van der Waals surface area (Å²) < 4.78 is 5.22. The molecule has 0 aliphatic rings. The number of hydrogen-bond acceptors (Lipinski definition) is 7. The Balaban J connectivity index is 2.35. The lowest BCUT2D eigenvalue weighted by Gasteiger charge is -2.06. The summed E-state index contributed by atoms with van der Waals surface area (Å²) in [5.74, 6) is 1.28. The summed E-state index contributed by atoms with van der Waals surface area (Å²) in [5.41, 5.74) is 13.9. The van der Waals surface area contributed by atoms with Crippen molar-refractivity contribution < 1.29 is 4.74 Å². The summed E-state index contributed by atoms with van der Waals surface area (Å²) in [6, 6.07) is 1.85. The maximum atomic E-state index is 6.21. The minimum Gasteiger partial charge on any atom is -0.495 e. The molecule has 4 N–H and O–H groups in total.